The Kier molecular flexibility index (Phi) is 14.0. The van der Waals surface area contributed by atoms with Crippen molar-refractivity contribution in [2.75, 3.05) is 51.3 Å². The zero-order valence-corrected chi connectivity index (χ0v) is 33.5. The van der Waals surface area contributed by atoms with E-state index in [1.807, 2.05) is 66.4 Å². The van der Waals surface area contributed by atoms with Crippen molar-refractivity contribution in [2.24, 2.45) is 4.99 Å². The SMILES string of the molecule is CCOc1cc(C(C)(C)C)ccc1C(=N[C@](C)(CC)Cc1ccc(Cl)cc1)N(Cc1ccc(Cl)cc1)C(=O)N1CCN(CCCS(C)(=O)=O)CC1. The molecule has 1 fully saturated rings. The first kappa shape index (κ1) is 40.7. The minimum atomic E-state index is -3.02. The number of aliphatic imine (C=N–C) groups is 1. The predicted octanol–water partition coefficient (Wildman–Crippen LogP) is 8.52. The first-order chi connectivity index (χ1) is 24.0. The number of carbonyl (C=O) groups excluding carboxylic acids is 1. The molecule has 1 aliphatic rings. The summed E-state index contributed by atoms with van der Waals surface area (Å²) in [6.07, 6.45) is 3.20. The molecule has 1 atom stereocenters. The van der Waals surface area contributed by atoms with E-state index in [1.54, 1.807) is 4.90 Å². The molecule has 8 nitrogen and oxygen atoms in total. The second-order valence-electron chi connectivity index (χ2n) is 14.8. The number of amides is 2. The molecule has 0 aliphatic carbocycles. The average molecular weight is 758 g/mol. The summed E-state index contributed by atoms with van der Waals surface area (Å²) in [6.45, 7) is 16.5. The predicted molar refractivity (Wildman–Crippen MR) is 211 cm³/mol. The Hall–Kier alpha value is -3.11. The number of carbonyl (C=O) groups is 1. The van der Waals surface area contributed by atoms with E-state index in [-0.39, 0.29) is 23.7 Å². The molecule has 0 unspecified atom stereocenters. The van der Waals surface area contributed by atoms with E-state index < -0.39 is 15.4 Å². The summed E-state index contributed by atoms with van der Waals surface area (Å²) in [5, 5.41) is 1.30. The number of hydrogen-bond donors (Lipinski definition) is 0. The highest BCUT2D eigenvalue weighted by molar-refractivity contribution is 7.90. The van der Waals surface area contributed by atoms with Crippen LogP contribution in [0.15, 0.2) is 71.7 Å². The summed E-state index contributed by atoms with van der Waals surface area (Å²) < 4.78 is 29.7. The van der Waals surface area contributed by atoms with Gasteiger partial charge in [0.2, 0.25) is 0 Å². The van der Waals surface area contributed by atoms with Crippen molar-refractivity contribution < 1.29 is 17.9 Å². The number of piperazine rings is 1. The second kappa shape index (κ2) is 17.6. The zero-order chi connectivity index (χ0) is 37.4. The Labute approximate surface area is 315 Å². The van der Waals surface area contributed by atoms with Crippen molar-refractivity contribution >= 4 is 44.9 Å². The van der Waals surface area contributed by atoms with Crippen molar-refractivity contribution in [1.29, 1.82) is 0 Å². The van der Waals surface area contributed by atoms with Crippen LogP contribution < -0.4 is 4.74 Å². The molecule has 0 N–H and O–H groups in total. The number of nitrogens with zero attached hydrogens (tertiary/aromatic N) is 4. The number of urea groups is 1. The summed E-state index contributed by atoms with van der Waals surface area (Å²) in [5.74, 6) is 1.38. The van der Waals surface area contributed by atoms with E-state index in [0.29, 0.717) is 73.8 Å². The Morgan fingerprint density at radius 1 is 0.882 bits per heavy atom. The van der Waals surface area contributed by atoms with Crippen LogP contribution in [0.5, 0.6) is 5.75 Å². The fraction of sp³-hybridized carbons (Fsp3) is 0.500. The third-order valence-electron chi connectivity index (χ3n) is 9.40. The first-order valence-electron chi connectivity index (χ1n) is 17.8. The van der Waals surface area contributed by atoms with Crippen molar-refractivity contribution in [2.45, 2.75) is 78.3 Å². The van der Waals surface area contributed by atoms with Gasteiger partial charge in [0.15, 0.2) is 0 Å². The molecule has 11 heteroatoms. The molecule has 1 heterocycles. The van der Waals surface area contributed by atoms with Crippen LogP contribution in [-0.2, 0) is 28.2 Å². The first-order valence-corrected chi connectivity index (χ1v) is 20.6. The van der Waals surface area contributed by atoms with Crippen molar-refractivity contribution in [1.82, 2.24) is 14.7 Å². The molecule has 0 aromatic heterocycles. The maximum atomic E-state index is 14.9. The van der Waals surface area contributed by atoms with Gasteiger partial charge in [-0.25, -0.2) is 13.2 Å². The Morgan fingerprint density at radius 3 is 2.00 bits per heavy atom. The molecular weight excluding hydrogens is 703 g/mol. The number of ether oxygens (including phenoxy) is 1. The second-order valence-corrected chi connectivity index (χ2v) is 17.9. The van der Waals surface area contributed by atoms with Crippen LogP contribution in [0.3, 0.4) is 0 Å². The minimum absolute atomic E-state index is 0.117. The zero-order valence-electron chi connectivity index (χ0n) is 31.2. The molecule has 1 aliphatic heterocycles. The highest BCUT2D eigenvalue weighted by Gasteiger charge is 2.33. The molecule has 0 spiro atoms. The number of amidine groups is 1. The number of halogens is 2. The van der Waals surface area contributed by atoms with Crippen LogP contribution in [-0.4, -0.2) is 91.9 Å². The summed E-state index contributed by atoms with van der Waals surface area (Å²) >= 11 is 12.5. The van der Waals surface area contributed by atoms with E-state index in [9.17, 15) is 13.2 Å². The molecule has 51 heavy (non-hydrogen) atoms. The van der Waals surface area contributed by atoms with Crippen molar-refractivity contribution in [3.05, 3.63) is 99.0 Å². The van der Waals surface area contributed by atoms with Gasteiger partial charge in [0.05, 0.1) is 30.0 Å². The van der Waals surface area contributed by atoms with Gasteiger partial charge in [0.1, 0.15) is 21.4 Å². The van der Waals surface area contributed by atoms with Crippen LogP contribution in [0.25, 0.3) is 0 Å². The fourth-order valence-corrected chi connectivity index (χ4v) is 7.05. The normalized spacial score (nSPS) is 15.8. The van der Waals surface area contributed by atoms with Crippen LogP contribution in [0.2, 0.25) is 10.0 Å². The minimum Gasteiger partial charge on any atom is -0.493 e. The van der Waals surface area contributed by atoms with E-state index in [0.717, 1.165) is 28.7 Å². The van der Waals surface area contributed by atoms with Gasteiger partial charge in [-0.3, -0.25) is 14.8 Å². The van der Waals surface area contributed by atoms with Crippen LogP contribution in [0.1, 0.15) is 76.6 Å². The standard InChI is InChI=1S/C40H54Cl2N4O4S/c1-8-40(6,28-30-11-16-33(41)17-12-30)43-37(35-20-15-32(39(3,4)5)27-36(35)50-9-2)46(29-31-13-18-34(42)19-14-31)38(47)45-24-22-44(23-25-45)21-10-26-51(7,48)49/h11-20,27H,8-10,21-26,28-29H2,1-7H3/t40-/m1/s1. The molecule has 2 amide bonds. The Balaban J connectivity index is 1.82. The molecule has 278 valence electrons. The number of hydrogen-bond acceptors (Lipinski definition) is 6. The fourth-order valence-electron chi connectivity index (χ4n) is 6.15. The highest BCUT2D eigenvalue weighted by atomic mass is 35.5. The third-order valence-corrected chi connectivity index (χ3v) is 10.9. The molecule has 3 aromatic carbocycles. The highest BCUT2D eigenvalue weighted by Crippen LogP contribution is 2.33. The van der Waals surface area contributed by atoms with E-state index in [1.165, 1.54) is 6.26 Å². The summed E-state index contributed by atoms with van der Waals surface area (Å²) in [5.41, 5.74) is 3.20. The van der Waals surface area contributed by atoms with E-state index in [4.69, 9.17) is 32.9 Å². The lowest BCUT2D eigenvalue weighted by Crippen LogP contribution is -2.54. The quantitative estimate of drug-likeness (QED) is 0.129. The van der Waals surface area contributed by atoms with Gasteiger partial charge in [-0.1, -0.05) is 81.2 Å². The molecule has 3 aromatic rings. The van der Waals surface area contributed by atoms with E-state index >= 15 is 0 Å². The van der Waals surface area contributed by atoms with Gasteiger partial charge < -0.3 is 9.64 Å². The lowest BCUT2D eigenvalue weighted by atomic mass is 9.86. The number of rotatable bonds is 13. The molecular formula is C40H54Cl2N4O4S. The van der Waals surface area contributed by atoms with Crippen molar-refractivity contribution in [3.8, 4) is 5.75 Å². The molecule has 4 rings (SSSR count). The number of sulfone groups is 1. The lowest BCUT2D eigenvalue weighted by Gasteiger charge is -2.39. The smallest absolute Gasteiger partial charge is 0.326 e. The monoisotopic (exact) mass is 756 g/mol. The molecule has 0 radical (unpaired) electrons. The summed E-state index contributed by atoms with van der Waals surface area (Å²) in [7, 11) is -3.02. The maximum absolute atomic E-state index is 14.9. The largest absolute Gasteiger partial charge is 0.493 e. The maximum Gasteiger partial charge on any atom is 0.326 e. The van der Waals surface area contributed by atoms with Gasteiger partial charge in [0.25, 0.3) is 0 Å². The summed E-state index contributed by atoms with van der Waals surface area (Å²) in [4.78, 5) is 26.3. The van der Waals surface area contributed by atoms with Gasteiger partial charge in [-0.2, -0.15) is 0 Å². The van der Waals surface area contributed by atoms with Crippen LogP contribution >= 0.6 is 23.2 Å². The third kappa shape index (κ3) is 12.0. The topological polar surface area (TPSA) is 82.5 Å². The van der Waals surface area contributed by atoms with E-state index in [2.05, 4.69) is 51.7 Å². The van der Waals surface area contributed by atoms with Gasteiger partial charge in [-0.05, 0) is 98.2 Å². The van der Waals surface area contributed by atoms with Crippen LogP contribution in [0, 0.1) is 0 Å². The van der Waals surface area contributed by atoms with Gasteiger partial charge in [-0.15, -0.1) is 0 Å². The van der Waals surface area contributed by atoms with Crippen LogP contribution in [0.4, 0.5) is 4.79 Å². The Bertz CT molecular complexity index is 1750. The molecule has 1 saturated heterocycles. The van der Waals surface area contributed by atoms with Gasteiger partial charge in [0, 0.05) is 42.5 Å². The summed E-state index contributed by atoms with van der Waals surface area (Å²) in [6, 6.07) is 21.5. The molecule has 0 saturated carbocycles. The van der Waals surface area contributed by atoms with Gasteiger partial charge >= 0.3 is 6.03 Å². The van der Waals surface area contributed by atoms with Crippen molar-refractivity contribution in [3.63, 3.8) is 0 Å². The average Bonchev–Trinajstić information content (AvgIpc) is 3.07. The lowest BCUT2D eigenvalue weighted by molar-refractivity contribution is 0.125. The Morgan fingerprint density at radius 2 is 1.47 bits per heavy atom. The number of benzene rings is 3. The molecule has 0 bridgehead atoms.